The Labute approximate surface area is 248 Å². The van der Waals surface area contributed by atoms with E-state index in [9.17, 15) is 18.0 Å². The summed E-state index contributed by atoms with van der Waals surface area (Å²) in [5, 5.41) is 3.10. The summed E-state index contributed by atoms with van der Waals surface area (Å²) in [4.78, 5) is 29.9. The van der Waals surface area contributed by atoms with E-state index >= 15 is 0 Å². The third kappa shape index (κ3) is 7.71. The summed E-state index contributed by atoms with van der Waals surface area (Å²) in [6.45, 7) is 5.35. The number of carbonyl (C=O) groups excluding carboxylic acids is 2. The molecule has 1 fully saturated rings. The number of hydrogen-bond acceptors (Lipinski definition) is 5. The molecule has 4 rings (SSSR count). The van der Waals surface area contributed by atoms with Crippen molar-refractivity contribution < 1.29 is 18.0 Å². The normalized spacial score (nSPS) is 14.4. The van der Waals surface area contributed by atoms with Crippen LogP contribution < -0.4 is 9.62 Å². The van der Waals surface area contributed by atoms with Gasteiger partial charge in [0, 0.05) is 17.5 Å². The molecule has 1 aliphatic rings. The van der Waals surface area contributed by atoms with Crippen molar-refractivity contribution in [1.29, 1.82) is 0 Å². The number of nitrogens with zero attached hydrogens (tertiary/aromatic N) is 2. The number of rotatable bonds is 11. The van der Waals surface area contributed by atoms with Crippen molar-refractivity contribution in [1.82, 2.24) is 10.2 Å². The lowest BCUT2D eigenvalue weighted by Crippen LogP contribution is -2.52. The molecular formula is C32H39N3O4S2. The minimum Gasteiger partial charge on any atom is -0.352 e. The van der Waals surface area contributed by atoms with Gasteiger partial charge in [-0.3, -0.25) is 13.9 Å². The lowest BCUT2D eigenvalue weighted by atomic mass is 10.1. The summed E-state index contributed by atoms with van der Waals surface area (Å²) in [5.41, 5.74) is 3.27. The monoisotopic (exact) mass is 593 g/mol. The Kier molecular flexibility index (Phi) is 10.1. The summed E-state index contributed by atoms with van der Waals surface area (Å²) in [6.07, 6.45) is 5.94. The Morgan fingerprint density at radius 2 is 1.61 bits per heavy atom. The van der Waals surface area contributed by atoms with Crippen LogP contribution in [0.1, 0.15) is 49.3 Å². The van der Waals surface area contributed by atoms with Gasteiger partial charge in [-0.1, -0.05) is 60.4 Å². The Hall–Kier alpha value is -3.30. The van der Waals surface area contributed by atoms with E-state index in [0.717, 1.165) is 51.6 Å². The first-order valence-electron chi connectivity index (χ1n) is 14.0. The number of amides is 2. The summed E-state index contributed by atoms with van der Waals surface area (Å²) >= 11 is 1.52. The SMILES string of the molecule is CSc1ccc(S(=O)(=O)N(CC(=O)N(Cc2cccc(C)c2)[C@H](C)C(=O)NC2CCCC2)c2ccc(C)cc2)cc1. The molecule has 1 saturated carbocycles. The molecule has 41 heavy (non-hydrogen) atoms. The molecular weight excluding hydrogens is 555 g/mol. The summed E-state index contributed by atoms with van der Waals surface area (Å²) in [5.74, 6) is -0.680. The second-order valence-corrected chi connectivity index (χ2v) is 13.4. The van der Waals surface area contributed by atoms with Crippen molar-refractivity contribution in [2.75, 3.05) is 17.1 Å². The zero-order valence-electron chi connectivity index (χ0n) is 24.2. The van der Waals surface area contributed by atoms with E-state index < -0.39 is 28.5 Å². The van der Waals surface area contributed by atoms with Gasteiger partial charge in [0.2, 0.25) is 11.8 Å². The van der Waals surface area contributed by atoms with E-state index in [-0.39, 0.29) is 23.4 Å². The molecule has 3 aromatic rings. The molecule has 218 valence electrons. The van der Waals surface area contributed by atoms with Crippen molar-refractivity contribution in [2.45, 2.75) is 74.9 Å². The number of carbonyl (C=O) groups is 2. The first-order valence-corrected chi connectivity index (χ1v) is 16.6. The van der Waals surface area contributed by atoms with E-state index in [1.165, 1.54) is 16.7 Å². The zero-order valence-corrected chi connectivity index (χ0v) is 25.8. The van der Waals surface area contributed by atoms with Crippen molar-refractivity contribution in [2.24, 2.45) is 0 Å². The van der Waals surface area contributed by atoms with Crippen LogP contribution in [-0.2, 0) is 26.2 Å². The van der Waals surface area contributed by atoms with Gasteiger partial charge >= 0.3 is 0 Å². The van der Waals surface area contributed by atoms with E-state index in [2.05, 4.69) is 5.32 Å². The summed E-state index contributed by atoms with van der Waals surface area (Å²) in [6, 6.07) is 20.8. The largest absolute Gasteiger partial charge is 0.352 e. The van der Waals surface area contributed by atoms with Gasteiger partial charge in [0.15, 0.2) is 0 Å². The highest BCUT2D eigenvalue weighted by Gasteiger charge is 2.33. The fraction of sp³-hybridized carbons (Fsp3) is 0.375. The lowest BCUT2D eigenvalue weighted by Gasteiger charge is -2.32. The van der Waals surface area contributed by atoms with E-state index in [1.807, 2.05) is 56.5 Å². The minimum absolute atomic E-state index is 0.0981. The molecule has 3 aromatic carbocycles. The molecule has 1 aliphatic carbocycles. The smallest absolute Gasteiger partial charge is 0.264 e. The number of hydrogen-bond donors (Lipinski definition) is 1. The number of sulfonamides is 1. The maximum absolute atomic E-state index is 14.1. The van der Waals surface area contributed by atoms with Crippen molar-refractivity contribution in [3.8, 4) is 0 Å². The van der Waals surface area contributed by atoms with Gasteiger partial charge in [0.1, 0.15) is 12.6 Å². The Bertz CT molecular complexity index is 1450. The van der Waals surface area contributed by atoms with Gasteiger partial charge < -0.3 is 10.2 Å². The maximum atomic E-state index is 14.1. The average Bonchev–Trinajstić information content (AvgIpc) is 3.48. The molecule has 0 bridgehead atoms. The molecule has 1 atom stereocenters. The highest BCUT2D eigenvalue weighted by Crippen LogP contribution is 2.27. The number of thioether (sulfide) groups is 1. The Morgan fingerprint density at radius 3 is 2.22 bits per heavy atom. The summed E-state index contributed by atoms with van der Waals surface area (Å²) in [7, 11) is -4.09. The Balaban J connectivity index is 1.68. The molecule has 0 spiro atoms. The molecule has 7 nitrogen and oxygen atoms in total. The second kappa shape index (κ2) is 13.6. The fourth-order valence-corrected chi connectivity index (χ4v) is 6.92. The zero-order chi connectivity index (χ0) is 29.6. The lowest BCUT2D eigenvalue weighted by molar-refractivity contribution is -0.139. The molecule has 0 saturated heterocycles. The maximum Gasteiger partial charge on any atom is 0.264 e. The van der Waals surface area contributed by atoms with Crippen LogP contribution in [0.15, 0.2) is 82.6 Å². The van der Waals surface area contributed by atoms with Crippen molar-refractivity contribution >= 4 is 39.3 Å². The molecule has 2 amide bonds. The quantitative estimate of drug-likeness (QED) is 0.289. The molecule has 1 N–H and O–H groups in total. The number of benzene rings is 3. The van der Waals surface area contributed by atoms with Crippen LogP contribution >= 0.6 is 11.8 Å². The summed E-state index contributed by atoms with van der Waals surface area (Å²) < 4.78 is 29.1. The molecule has 0 heterocycles. The first-order chi connectivity index (χ1) is 19.6. The van der Waals surface area contributed by atoms with Gasteiger partial charge in [0.05, 0.1) is 10.6 Å². The average molecular weight is 594 g/mol. The van der Waals surface area contributed by atoms with E-state index in [1.54, 1.807) is 43.3 Å². The van der Waals surface area contributed by atoms with Crippen LogP contribution in [0.25, 0.3) is 0 Å². The van der Waals surface area contributed by atoms with Crippen LogP contribution in [-0.4, -0.2) is 50.0 Å². The molecule has 0 radical (unpaired) electrons. The predicted molar refractivity (Wildman–Crippen MR) is 166 cm³/mol. The molecule has 9 heteroatoms. The van der Waals surface area contributed by atoms with Crippen LogP contribution in [0.5, 0.6) is 0 Å². The van der Waals surface area contributed by atoms with Gasteiger partial charge in [0.25, 0.3) is 10.0 Å². The number of aryl methyl sites for hydroxylation is 2. The van der Waals surface area contributed by atoms with Crippen LogP contribution in [0.4, 0.5) is 5.69 Å². The van der Waals surface area contributed by atoms with Crippen LogP contribution in [0, 0.1) is 13.8 Å². The van der Waals surface area contributed by atoms with Crippen molar-refractivity contribution in [3.63, 3.8) is 0 Å². The first kappa shape index (κ1) is 30.7. The van der Waals surface area contributed by atoms with Crippen molar-refractivity contribution in [3.05, 3.63) is 89.5 Å². The topological polar surface area (TPSA) is 86.8 Å². The Morgan fingerprint density at radius 1 is 0.951 bits per heavy atom. The number of nitrogens with one attached hydrogen (secondary N) is 1. The second-order valence-electron chi connectivity index (χ2n) is 10.7. The molecule has 0 aliphatic heterocycles. The predicted octanol–water partition coefficient (Wildman–Crippen LogP) is 5.70. The van der Waals surface area contributed by atoms with Gasteiger partial charge in [-0.2, -0.15) is 0 Å². The van der Waals surface area contributed by atoms with Gasteiger partial charge in [-0.15, -0.1) is 11.8 Å². The van der Waals surface area contributed by atoms with Crippen LogP contribution in [0.2, 0.25) is 0 Å². The highest BCUT2D eigenvalue weighted by molar-refractivity contribution is 7.98. The molecule has 0 unspecified atom stereocenters. The minimum atomic E-state index is -4.09. The van der Waals surface area contributed by atoms with Crippen LogP contribution in [0.3, 0.4) is 0 Å². The van der Waals surface area contributed by atoms with Gasteiger partial charge in [-0.05, 0) is 81.8 Å². The van der Waals surface area contributed by atoms with Gasteiger partial charge in [-0.25, -0.2) is 8.42 Å². The van der Waals surface area contributed by atoms with E-state index in [0.29, 0.717) is 5.69 Å². The highest BCUT2D eigenvalue weighted by atomic mass is 32.2. The third-order valence-electron chi connectivity index (χ3n) is 7.55. The molecule has 0 aromatic heterocycles. The number of anilines is 1. The fourth-order valence-electron chi connectivity index (χ4n) is 5.10. The van der Waals surface area contributed by atoms with E-state index in [4.69, 9.17) is 0 Å². The standard InChI is InChI=1S/C32H39N3O4S2/c1-23-12-14-28(15-13-23)35(41(38,39)30-18-16-29(40-4)17-19-30)22-31(36)34(21-26-9-7-8-24(2)20-26)25(3)32(37)33-27-10-5-6-11-27/h7-9,12-20,25,27H,5-6,10-11,21-22H2,1-4H3,(H,33,37)/t25-/m1/s1. The third-order valence-corrected chi connectivity index (χ3v) is 10.1.